The Bertz CT molecular complexity index is 294. The lowest BCUT2D eigenvalue weighted by Crippen LogP contribution is -2.46. The molecule has 0 bridgehead atoms. The van der Waals surface area contributed by atoms with Crippen molar-refractivity contribution in [3.63, 3.8) is 0 Å². The number of urea groups is 1. The van der Waals surface area contributed by atoms with Crippen LogP contribution in [-0.2, 0) is 9.53 Å². The Balaban J connectivity index is 4.28. The van der Waals surface area contributed by atoms with Crippen LogP contribution in [0.15, 0.2) is 0 Å². The molecule has 6 heteroatoms. The molecule has 0 aliphatic carbocycles. The maximum Gasteiger partial charge on any atom is 0.317 e. The highest BCUT2D eigenvalue weighted by atomic mass is 16.5. The summed E-state index contributed by atoms with van der Waals surface area (Å²) in [5.74, 6) is -1.14. The Labute approximate surface area is 115 Å². The van der Waals surface area contributed by atoms with Crippen molar-refractivity contribution < 1.29 is 19.4 Å². The largest absolute Gasteiger partial charge is 0.481 e. The smallest absolute Gasteiger partial charge is 0.317 e. The van der Waals surface area contributed by atoms with Gasteiger partial charge in [-0.3, -0.25) is 4.79 Å². The molecule has 0 heterocycles. The second kappa shape index (κ2) is 8.74. The molecule has 0 spiro atoms. The molecule has 0 aliphatic rings. The third kappa shape index (κ3) is 7.00. The van der Waals surface area contributed by atoms with E-state index in [1.54, 1.807) is 14.2 Å². The number of hydrogen-bond donors (Lipinski definition) is 2. The number of carboxylic acids is 1. The second-order valence-corrected chi connectivity index (χ2v) is 5.27. The van der Waals surface area contributed by atoms with Crippen molar-refractivity contribution in [2.24, 2.45) is 11.8 Å². The Kier molecular flexibility index (Phi) is 8.14. The Morgan fingerprint density at radius 3 is 2.32 bits per heavy atom. The van der Waals surface area contributed by atoms with Gasteiger partial charge in [0.25, 0.3) is 0 Å². The second-order valence-electron chi connectivity index (χ2n) is 5.27. The van der Waals surface area contributed by atoms with Gasteiger partial charge in [-0.05, 0) is 19.3 Å². The molecular weight excluding hydrogens is 248 g/mol. The summed E-state index contributed by atoms with van der Waals surface area (Å²) in [4.78, 5) is 24.4. The number of hydrogen-bond acceptors (Lipinski definition) is 3. The van der Waals surface area contributed by atoms with E-state index in [2.05, 4.69) is 5.32 Å². The fourth-order valence-corrected chi connectivity index (χ4v) is 1.73. The van der Waals surface area contributed by atoms with Crippen molar-refractivity contribution in [1.82, 2.24) is 10.2 Å². The first-order chi connectivity index (χ1) is 8.79. The van der Waals surface area contributed by atoms with Crippen LogP contribution in [0.25, 0.3) is 0 Å². The summed E-state index contributed by atoms with van der Waals surface area (Å²) in [7, 11) is 3.24. The number of carboxylic acid groups (broad SMARTS) is 1. The number of methoxy groups -OCH3 is 1. The maximum absolute atomic E-state index is 11.8. The molecule has 0 rings (SSSR count). The lowest BCUT2D eigenvalue weighted by molar-refractivity contribution is -0.142. The average Bonchev–Trinajstić information content (AvgIpc) is 2.32. The molecule has 0 aliphatic heterocycles. The van der Waals surface area contributed by atoms with E-state index in [9.17, 15) is 9.59 Å². The summed E-state index contributed by atoms with van der Waals surface area (Å²) in [6.45, 7) is 6.38. The Morgan fingerprint density at radius 1 is 1.32 bits per heavy atom. The van der Waals surface area contributed by atoms with E-state index >= 15 is 0 Å². The van der Waals surface area contributed by atoms with Crippen LogP contribution in [0.1, 0.15) is 27.2 Å². The van der Waals surface area contributed by atoms with Crippen LogP contribution in [0.3, 0.4) is 0 Å². The number of amides is 2. The SMILES string of the molecule is COCC(C)N(C)C(=O)NCC(CC(C)C)C(=O)O. The summed E-state index contributed by atoms with van der Waals surface area (Å²) in [6, 6.07) is -0.335. The van der Waals surface area contributed by atoms with E-state index in [4.69, 9.17) is 9.84 Å². The van der Waals surface area contributed by atoms with Crippen LogP contribution in [0.4, 0.5) is 4.79 Å². The van der Waals surface area contributed by atoms with E-state index in [0.717, 1.165) is 0 Å². The van der Waals surface area contributed by atoms with E-state index in [1.165, 1.54) is 4.90 Å². The predicted molar refractivity (Wildman–Crippen MR) is 73.1 cm³/mol. The molecule has 0 saturated carbocycles. The fraction of sp³-hybridized carbons (Fsp3) is 0.846. The number of carbonyl (C=O) groups is 2. The van der Waals surface area contributed by atoms with Gasteiger partial charge in [0.1, 0.15) is 0 Å². The van der Waals surface area contributed by atoms with Crippen LogP contribution in [0.2, 0.25) is 0 Å². The molecule has 0 fully saturated rings. The number of aliphatic carboxylic acids is 1. The number of carbonyl (C=O) groups excluding carboxylic acids is 1. The molecular formula is C13H26N2O4. The fourth-order valence-electron chi connectivity index (χ4n) is 1.73. The van der Waals surface area contributed by atoms with Crippen molar-refractivity contribution in [3.8, 4) is 0 Å². The highest BCUT2D eigenvalue weighted by Crippen LogP contribution is 2.11. The minimum Gasteiger partial charge on any atom is -0.481 e. The van der Waals surface area contributed by atoms with Crippen molar-refractivity contribution in [3.05, 3.63) is 0 Å². The summed E-state index contributed by atoms with van der Waals surface area (Å²) in [6.07, 6.45) is 0.549. The number of nitrogens with one attached hydrogen (secondary N) is 1. The molecule has 2 atom stereocenters. The molecule has 112 valence electrons. The molecule has 2 unspecified atom stereocenters. The lowest BCUT2D eigenvalue weighted by atomic mass is 9.97. The molecule has 0 aromatic carbocycles. The van der Waals surface area contributed by atoms with E-state index in [0.29, 0.717) is 13.0 Å². The quantitative estimate of drug-likeness (QED) is 0.701. The van der Waals surface area contributed by atoms with Crippen molar-refractivity contribution in [2.75, 3.05) is 27.3 Å². The number of nitrogens with zero attached hydrogens (tertiary/aromatic N) is 1. The minimum absolute atomic E-state index is 0.0571. The molecule has 2 N–H and O–H groups in total. The lowest BCUT2D eigenvalue weighted by Gasteiger charge is -2.25. The van der Waals surface area contributed by atoms with E-state index in [1.807, 2.05) is 20.8 Å². The summed E-state index contributed by atoms with van der Waals surface area (Å²) < 4.78 is 4.98. The van der Waals surface area contributed by atoms with Gasteiger partial charge in [0, 0.05) is 20.7 Å². The van der Waals surface area contributed by atoms with Gasteiger partial charge in [-0.25, -0.2) is 4.79 Å². The Hall–Kier alpha value is -1.30. The molecule has 0 aromatic rings. The maximum atomic E-state index is 11.8. The molecule has 0 aromatic heterocycles. The van der Waals surface area contributed by atoms with Gasteiger partial charge in [-0.1, -0.05) is 13.8 Å². The zero-order chi connectivity index (χ0) is 15.0. The first-order valence-corrected chi connectivity index (χ1v) is 6.52. The third-order valence-corrected chi connectivity index (χ3v) is 2.99. The monoisotopic (exact) mass is 274 g/mol. The van der Waals surface area contributed by atoms with Crippen LogP contribution in [0.5, 0.6) is 0 Å². The first kappa shape index (κ1) is 17.7. The van der Waals surface area contributed by atoms with Crippen LogP contribution in [0, 0.1) is 11.8 Å². The van der Waals surface area contributed by atoms with Gasteiger partial charge >= 0.3 is 12.0 Å². The predicted octanol–water partition coefficient (Wildman–Crippen LogP) is 1.41. The summed E-state index contributed by atoms with van der Waals surface area (Å²) in [5, 5.41) is 11.7. The van der Waals surface area contributed by atoms with Gasteiger partial charge in [0.2, 0.25) is 0 Å². The van der Waals surface area contributed by atoms with Crippen LogP contribution < -0.4 is 5.32 Å². The van der Waals surface area contributed by atoms with Gasteiger partial charge in [0.05, 0.1) is 18.6 Å². The van der Waals surface area contributed by atoms with E-state index in [-0.39, 0.29) is 24.5 Å². The molecule has 2 amide bonds. The van der Waals surface area contributed by atoms with Gasteiger partial charge in [0.15, 0.2) is 0 Å². The minimum atomic E-state index is -0.874. The van der Waals surface area contributed by atoms with Gasteiger partial charge < -0.3 is 20.1 Å². The summed E-state index contributed by atoms with van der Waals surface area (Å²) >= 11 is 0. The van der Waals surface area contributed by atoms with Crippen molar-refractivity contribution in [1.29, 1.82) is 0 Å². The van der Waals surface area contributed by atoms with Gasteiger partial charge in [-0.2, -0.15) is 0 Å². The standard InChI is InChI=1S/C13H26N2O4/c1-9(2)6-11(12(16)17)7-14-13(18)15(4)10(3)8-19-5/h9-11H,6-8H2,1-5H3,(H,14,18)(H,16,17). The molecule has 6 nitrogen and oxygen atoms in total. The van der Waals surface area contributed by atoms with Crippen LogP contribution >= 0.6 is 0 Å². The average molecular weight is 274 g/mol. The molecule has 0 saturated heterocycles. The zero-order valence-corrected chi connectivity index (χ0v) is 12.5. The van der Waals surface area contributed by atoms with E-state index < -0.39 is 11.9 Å². The first-order valence-electron chi connectivity index (χ1n) is 6.52. The molecule has 19 heavy (non-hydrogen) atoms. The van der Waals surface area contributed by atoms with Crippen molar-refractivity contribution >= 4 is 12.0 Å². The number of ether oxygens (including phenoxy) is 1. The zero-order valence-electron chi connectivity index (χ0n) is 12.5. The third-order valence-electron chi connectivity index (χ3n) is 2.99. The van der Waals surface area contributed by atoms with Crippen LogP contribution in [-0.4, -0.2) is 55.4 Å². The molecule has 0 radical (unpaired) electrons. The van der Waals surface area contributed by atoms with Gasteiger partial charge in [-0.15, -0.1) is 0 Å². The highest BCUT2D eigenvalue weighted by Gasteiger charge is 2.21. The highest BCUT2D eigenvalue weighted by molar-refractivity contribution is 5.76. The number of likely N-dealkylation sites (N-methyl/N-ethyl adjacent to an activating group) is 1. The number of rotatable bonds is 8. The topological polar surface area (TPSA) is 78.9 Å². The van der Waals surface area contributed by atoms with Crippen molar-refractivity contribution in [2.45, 2.75) is 33.2 Å². The summed E-state index contributed by atoms with van der Waals surface area (Å²) in [5.41, 5.74) is 0. The Morgan fingerprint density at radius 2 is 1.89 bits per heavy atom. The normalized spacial score (nSPS) is 14.0.